The molecule has 12 rings (SSSR count). The Bertz CT molecular complexity index is 4030. The van der Waals surface area contributed by atoms with Crippen LogP contribution in [0, 0.1) is 59.2 Å². The predicted octanol–water partition coefficient (Wildman–Crippen LogP) is 17.8. The Kier molecular flexibility index (Phi) is 42.3. The molecule has 20 nitrogen and oxygen atoms in total. The minimum absolute atomic E-state index is 0.0784. The van der Waals surface area contributed by atoms with Crippen molar-refractivity contribution < 1.29 is 77.1 Å². The number of hydrogen-bond donors (Lipinski definition) is 8. The van der Waals surface area contributed by atoms with Crippen molar-refractivity contribution in [2.75, 3.05) is 52.4 Å². The van der Waals surface area contributed by atoms with Gasteiger partial charge in [-0.25, -0.2) is 0 Å². The number of benzene rings is 4. The van der Waals surface area contributed by atoms with E-state index in [4.69, 9.17) is 18.6 Å². The van der Waals surface area contributed by atoms with Crippen LogP contribution in [0.2, 0.25) is 23.3 Å². The van der Waals surface area contributed by atoms with Gasteiger partial charge in [-0.15, -0.1) is 0 Å². The molecule has 8 aliphatic rings. The molecule has 0 radical (unpaired) electrons. The predicted molar refractivity (Wildman–Crippen MR) is 494 cm³/mol. The van der Waals surface area contributed by atoms with Gasteiger partial charge in [-0.3, -0.25) is 38.4 Å². The van der Waals surface area contributed by atoms with E-state index in [0.717, 1.165) is 138 Å². The smallest absolute Gasteiger partial charge is 0.526 e. The Hall–Kier alpha value is -6.62. The molecule has 4 aromatic rings. The van der Waals surface area contributed by atoms with E-state index in [1.54, 1.807) is 24.3 Å². The molecule has 4 aliphatic heterocycles. The van der Waals surface area contributed by atoms with Crippen LogP contribution in [0.4, 0.5) is 0 Å². The number of carbonyl (C=O) groups is 8. The van der Waals surface area contributed by atoms with Crippen LogP contribution in [-0.2, 0) is 44.9 Å². The molecule has 0 saturated heterocycles. The number of hydrogen-bond acceptors (Lipinski definition) is 20. The topological polar surface area (TPSA) is 303 Å². The van der Waals surface area contributed by atoms with E-state index < -0.39 is 28.5 Å². The first-order valence-electron chi connectivity index (χ1n) is 47.9. The van der Waals surface area contributed by atoms with E-state index >= 15 is 0 Å². The summed E-state index contributed by atoms with van der Waals surface area (Å²) in [6.45, 7) is 28.1. The second kappa shape index (κ2) is 52.0. The summed E-state index contributed by atoms with van der Waals surface area (Å²) in [5.41, 5.74) is 5.60. The normalized spacial score (nSPS) is 23.2. The van der Waals surface area contributed by atoms with Gasteiger partial charge in [0.15, 0.2) is 23.1 Å². The van der Waals surface area contributed by atoms with Crippen LogP contribution in [0.5, 0.6) is 23.0 Å². The number of rotatable bonds is 43. The fourth-order valence-corrected chi connectivity index (χ4v) is 20.5. The molecule has 4 aliphatic carbocycles. The lowest BCUT2D eigenvalue weighted by molar-refractivity contribution is -0.121. The van der Waals surface area contributed by atoms with Crippen molar-refractivity contribution in [2.45, 2.75) is 317 Å². The monoisotopic (exact) mass is 1700 g/mol. The number of carbonyl (C=O) groups excluding carboxylic acids is 8. The molecule has 0 spiro atoms. The number of ketones is 8. The van der Waals surface area contributed by atoms with Crippen LogP contribution in [0.1, 0.15) is 332 Å². The summed E-state index contributed by atoms with van der Waals surface area (Å²) < 4.78 is 22.7. The van der Waals surface area contributed by atoms with Gasteiger partial charge in [-0.1, -0.05) is 135 Å². The summed E-state index contributed by atoms with van der Waals surface area (Å²) >= 11 is 0. The standard InChI is InChI=1S/C26H40BNO4.2C25H38BNO4.C23H34BNO4/c1-18(2)7-6-12-28-17-21-9-4-8-20(13-21)14-24(30)16-23-15-22-10-5-11-25(19(3)29)26(22)32-27(23)31;1-17(2)6-5-11-27-16-20-10-9-19(12-20)13-23(29)15-22-14-21-7-4-8-24(18(3)28)25(21)31-26(22)30;1-3-4-5-12-27-17-20-9-6-8-19(13-20)14-23(29)16-22-15-21-10-7-11-24(18(2)28)25(21)31-26(22)30;1-3-4-10-25-15-18-9-8-17(11-18)12-21(27)14-20-13-19-6-5-7-22(16(2)26)23(19)29-24(20)28/h5,10-11,18,20-21,23,28,31H,4,6-9,12-17H2,1-3H3;4,7-8,17,19-20,22,27,30H,5-6,9-16H2,1-3H3;7,10-11,19-20,22,27,30H,3-6,8-9,12-17H2,1-2H3;5-7,17-18,20,25,28H,3-4,8-15H2,1-2H3/t20?,21?,23-;2*19?,20?,22-;17?,18?,20-/m1111/s1. The summed E-state index contributed by atoms with van der Waals surface area (Å²) in [6.07, 6.45) is 33.6. The largest absolute Gasteiger partial charge is 0.535 e. The zero-order valence-corrected chi connectivity index (χ0v) is 76.4. The minimum Gasteiger partial charge on any atom is -0.535 e. The number of Topliss-reactive ketones (excluding diaryl/α,β-unsaturated/α-hetero) is 8. The van der Waals surface area contributed by atoms with Gasteiger partial charge >= 0.3 is 28.5 Å². The lowest BCUT2D eigenvalue weighted by Gasteiger charge is -2.30. The van der Waals surface area contributed by atoms with E-state index in [9.17, 15) is 58.5 Å². The molecular formula is C99H150B4N4O16. The number of nitrogens with one attached hydrogen (secondary N) is 4. The zero-order chi connectivity index (χ0) is 88.5. The van der Waals surface area contributed by atoms with Crippen molar-refractivity contribution in [1.82, 2.24) is 21.3 Å². The number of fused-ring (bicyclic) bond motifs is 4. The second-order valence-corrected chi connectivity index (χ2v) is 38.9. The Morgan fingerprint density at radius 2 is 0.577 bits per heavy atom. The summed E-state index contributed by atoms with van der Waals surface area (Å²) in [5.74, 6) is 7.57. The molecular weight excluding hydrogens is 1540 g/mol. The summed E-state index contributed by atoms with van der Waals surface area (Å²) in [5, 5.41) is 56.2. The average molecular weight is 1700 g/mol. The molecule has 674 valence electrons. The SMILES string of the molecule is CC(=O)c1cccc2c1OB(O)[C@@H](CC(=O)CC1CCC(CNCCCC(C)C)C1)C2.CC(=O)c1cccc2c1OB(O)[C@@H](CC(=O)CC1CCCC(CNCCCC(C)C)C1)C2.CCCCCNCC1CCCC(CC(=O)C[C@H]2Cc3cccc(C(C)=O)c3OB2O)C1.CCCCNCC1CCC(CC(=O)C[C@H]2Cc3cccc(C(C)=O)c3OB2O)C1. The van der Waals surface area contributed by atoms with Crippen LogP contribution in [0.15, 0.2) is 72.8 Å². The Morgan fingerprint density at radius 1 is 0.333 bits per heavy atom. The molecule has 123 heavy (non-hydrogen) atoms. The quantitative estimate of drug-likeness (QED) is 0.0116. The summed E-state index contributed by atoms with van der Waals surface area (Å²) in [7, 11) is -4.15. The molecule has 0 aromatic heterocycles. The van der Waals surface area contributed by atoms with Crippen LogP contribution >= 0.6 is 0 Å². The van der Waals surface area contributed by atoms with Gasteiger partial charge in [-0.2, -0.15) is 0 Å². The molecule has 12 atom stereocenters. The van der Waals surface area contributed by atoms with Crippen LogP contribution in [0.3, 0.4) is 0 Å². The highest BCUT2D eigenvalue weighted by Crippen LogP contribution is 2.44. The molecule has 4 aromatic carbocycles. The van der Waals surface area contributed by atoms with Gasteiger partial charge in [0.2, 0.25) is 0 Å². The maximum Gasteiger partial charge on any atom is 0.526 e. The van der Waals surface area contributed by atoms with Gasteiger partial charge in [-0.05, 0) is 314 Å². The van der Waals surface area contributed by atoms with E-state index in [1.165, 1.54) is 124 Å². The van der Waals surface area contributed by atoms with Crippen molar-refractivity contribution in [1.29, 1.82) is 0 Å². The van der Waals surface area contributed by atoms with Crippen molar-refractivity contribution >= 4 is 74.7 Å². The second-order valence-electron chi connectivity index (χ2n) is 38.9. The van der Waals surface area contributed by atoms with Gasteiger partial charge in [0.05, 0.1) is 22.3 Å². The molecule has 0 amide bonds. The van der Waals surface area contributed by atoms with Crippen molar-refractivity contribution in [3.8, 4) is 23.0 Å². The maximum absolute atomic E-state index is 12.8. The molecule has 4 fully saturated rings. The van der Waals surface area contributed by atoms with Crippen molar-refractivity contribution in [3.05, 3.63) is 117 Å². The summed E-state index contributed by atoms with van der Waals surface area (Å²) in [4.78, 5) is 98.3. The molecule has 8 N–H and O–H groups in total. The van der Waals surface area contributed by atoms with Crippen LogP contribution in [-0.4, -0.2) is 147 Å². The highest BCUT2D eigenvalue weighted by Gasteiger charge is 2.43. The van der Waals surface area contributed by atoms with Crippen molar-refractivity contribution in [2.24, 2.45) is 59.2 Å². The molecule has 4 saturated carbocycles. The van der Waals surface area contributed by atoms with E-state index in [0.29, 0.717) is 170 Å². The number of para-hydroxylation sites is 4. The number of unbranched alkanes of at least 4 members (excludes halogenated alkanes) is 3. The van der Waals surface area contributed by atoms with E-state index in [1.807, 2.05) is 48.5 Å². The van der Waals surface area contributed by atoms with Crippen LogP contribution < -0.4 is 39.9 Å². The van der Waals surface area contributed by atoms with E-state index in [2.05, 4.69) is 62.8 Å². The van der Waals surface area contributed by atoms with Crippen molar-refractivity contribution in [3.63, 3.8) is 0 Å². The summed E-state index contributed by atoms with van der Waals surface area (Å²) in [6, 6.07) is 21.9. The molecule has 4 heterocycles. The Balaban J connectivity index is 0.000000186. The minimum atomic E-state index is -1.04. The first-order chi connectivity index (χ1) is 59.1. The first kappa shape index (κ1) is 100. The average Bonchev–Trinajstić information content (AvgIpc) is 1.39. The van der Waals surface area contributed by atoms with Gasteiger partial charge < -0.3 is 60.0 Å². The Labute approximate surface area is 738 Å². The van der Waals surface area contributed by atoms with Gasteiger partial charge in [0.1, 0.15) is 46.1 Å². The fraction of sp³-hybridized carbons (Fsp3) is 0.677. The highest BCUT2D eigenvalue weighted by molar-refractivity contribution is 6.48. The van der Waals surface area contributed by atoms with Crippen LogP contribution in [0.25, 0.3) is 0 Å². The first-order valence-corrected chi connectivity index (χ1v) is 47.9. The molecule has 24 heteroatoms. The molecule has 0 bridgehead atoms. The maximum atomic E-state index is 12.8. The lowest BCUT2D eigenvalue weighted by atomic mass is 9.64. The third-order valence-corrected chi connectivity index (χ3v) is 27.2. The lowest BCUT2D eigenvalue weighted by Crippen LogP contribution is -2.36. The third-order valence-electron chi connectivity index (χ3n) is 27.2. The van der Waals surface area contributed by atoms with Gasteiger partial charge in [0, 0.05) is 74.6 Å². The van der Waals surface area contributed by atoms with Gasteiger partial charge in [0.25, 0.3) is 0 Å². The Morgan fingerprint density at radius 3 is 0.846 bits per heavy atom. The highest BCUT2D eigenvalue weighted by atomic mass is 16.5. The third kappa shape index (κ3) is 32.9. The zero-order valence-electron chi connectivity index (χ0n) is 76.4. The molecule has 8 unspecified atom stereocenters. The fourth-order valence-electron chi connectivity index (χ4n) is 20.5. The van der Waals surface area contributed by atoms with E-state index in [-0.39, 0.29) is 69.5 Å².